The third kappa shape index (κ3) is 4.04. The molecule has 0 saturated carbocycles. The molecule has 9 heteroatoms. The first-order valence-electron chi connectivity index (χ1n) is 9.97. The van der Waals surface area contributed by atoms with Crippen LogP contribution in [-0.4, -0.2) is 57.0 Å². The minimum atomic E-state index is -3.70. The molecule has 0 radical (unpaired) electrons. The van der Waals surface area contributed by atoms with Crippen molar-refractivity contribution in [2.45, 2.75) is 18.7 Å². The molecule has 1 amide bonds. The molecule has 2 N–H and O–H groups in total. The van der Waals surface area contributed by atoms with E-state index >= 15 is 0 Å². The SMILES string of the molecule is COc1ccc(S(=O)(=O)N2CCOCC2)cc1NC(=O)c1ccc2[nH]c(C)c(C)c2c1. The molecule has 1 aliphatic rings. The number of ether oxygens (including phenoxy) is 2. The van der Waals surface area contributed by atoms with Crippen LogP contribution in [-0.2, 0) is 14.8 Å². The number of nitrogens with one attached hydrogen (secondary N) is 2. The molecule has 2 aromatic carbocycles. The second-order valence-electron chi connectivity index (χ2n) is 7.47. The van der Waals surface area contributed by atoms with Gasteiger partial charge in [-0.15, -0.1) is 0 Å². The monoisotopic (exact) mass is 443 g/mol. The second-order valence-corrected chi connectivity index (χ2v) is 9.41. The number of hydrogen-bond acceptors (Lipinski definition) is 5. The van der Waals surface area contributed by atoms with Gasteiger partial charge >= 0.3 is 0 Å². The van der Waals surface area contributed by atoms with E-state index in [2.05, 4.69) is 10.3 Å². The van der Waals surface area contributed by atoms with Gasteiger partial charge in [-0.05, 0) is 55.8 Å². The first kappa shape index (κ1) is 21.4. The standard InChI is InChI=1S/C22H25N3O5S/c1-14-15(2)23-19-6-4-16(12-18(14)19)22(26)24-20-13-17(5-7-21(20)29-3)31(27,28)25-8-10-30-11-9-25/h4-7,12-13,23H,8-11H2,1-3H3,(H,24,26). The Morgan fingerprint density at radius 3 is 2.58 bits per heavy atom. The highest BCUT2D eigenvalue weighted by Gasteiger charge is 2.27. The highest BCUT2D eigenvalue weighted by molar-refractivity contribution is 7.89. The van der Waals surface area contributed by atoms with Crippen molar-refractivity contribution >= 4 is 32.5 Å². The number of hydrogen-bond donors (Lipinski definition) is 2. The molecule has 0 unspecified atom stereocenters. The number of nitrogens with zero attached hydrogens (tertiary/aromatic N) is 1. The number of anilines is 1. The summed E-state index contributed by atoms with van der Waals surface area (Å²) in [7, 11) is -2.23. The van der Waals surface area contributed by atoms with Crippen molar-refractivity contribution < 1.29 is 22.7 Å². The fourth-order valence-corrected chi connectivity index (χ4v) is 5.11. The quantitative estimate of drug-likeness (QED) is 0.631. The van der Waals surface area contributed by atoms with Crippen molar-refractivity contribution in [1.82, 2.24) is 9.29 Å². The van der Waals surface area contributed by atoms with Crippen LogP contribution in [0.25, 0.3) is 10.9 Å². The molecule has 4 rings (SSSR count). The zero-order chi connectivity index (χ0) is 22.2. The highest BCUT2D eigenvalue weighted by atomic mass is 32.2. The molecule has 0 aliphatic carbocycles. The molecule has 0 spiro atoms. The lowest BCUT2D eigenvalue weighted by molar-refractivity contribution is 0.0730. The fourth-order valence-electron chi connectivity index (χ4n) is 3.68. The number of aromatic amines is 1. The van der Waals surface area contributed by atoms with Crippen molar-refractivity contribution in [3.8, 4) is 5.75 Å². The summed E-state index contributed by atoms with van der Waals surface area (Å²) in [5, 5.41) is 3.78. The van der Waals surface area contributed by atoms with Gasteiger partial charge in [-0.1, -0.05) is 0 Å². The molecular formula is C22H25N3O5S. The maximum Gasteiger partial charge on any atom is 0.255 e. The largest absolute Gasteiger partial charge is 0.495 e. The number of fused-ring (bicyclic) bond motifs is 1. The van der Waals surface area contributed by atoms with Crippen molar-refractivity contribution in [2.75, 3.05) is 38.7 Å². The lowest BCUT2D eigenvalue weighted by Gasteiger charge is -2.26. The fraction of sp³-hybridized carbons (Fsp3) is 0.318. The van der Waals surface area contributed by atoms with Gasteiger partial charge in [0.1, 0.15) is 5.75 Å². The minimum absolute atomic E-state index is 0.0954. The molecule has 1 aromatic heterocycles. The Balaban J connectivity index is 1.65. The normalized spacial score (nSPS) is 15.2. The number of aromatic nitrogens is 1. The van der Waals surface area contributed by atoms with Crippen LogP contribution in [0.5, 0.6) is 5.75 Å². The van der Waals surface area contributed by atoms with Crippen molar-refractivity contribution in [1.29, 1.82) is 0 Å². The number of benzene rings is 2. The van der Waals surface area contributed by atoms with Gasteiger partial charge in [-0.3, -0.25) is 4.79 Å². The summed E-state index contributed by atoms with van der Waals surface area (Å²) in [6.45, 7) is 5.30. The zero-order valence-corrected chi connectivity index (χ0v) is 18.5. The number of sulfonamides is 1. The highest BCUT2D eigenvalue weighted by Crippen LogP contribution is 2.30. The summed E-state index contributed by atoms with van der Waals surface area (Å²) in [4.78, 5) is 16.3. The first-order valence-corrected chi connectivity index (χ1v) is 11.4. The van der Waals surface area contributed by atoms with Crippen LogP contribution in [0.4, 0.5) is 5.69 Å². The zero-order valence-electron chi connectivity index (χ0n) is 17.7. The molecule has 8 nitrogen and oxygen atoms in total. The van der Waals surface area contributed by atoms with Gasteiger partial charge in [-0.25, -0.2) is 8.42 Å². The number of methoxy groups -OCH3 is 1. The maximum atomic E-state index is 13.0. The van der Waals surface area contributed by atoms with E-state index in [1.807, 2.05) is 26.0 Å². The third-order valence-electron chi connectivity index (χ3n) is 5.60. The van der Waals surface area contributed by atoms with Crippen LogP contribution in [0, 0.1) is 13.8 Å². The van der Waals surface area contributed by atoms with E-state index in [0.717, 1.165) is 22.2 Å². The molecule has 1 aliphatic heterocycles. The summed E-state index contributed by atoms with van der Waals surface area (Å²) < 4.78 is 38.0. The van der Waals surface area contributed by atoms with Gasteiger partial charge in [-0.2, -0.15) is 4.31 Å². The average molecular weight is 444 g/mol. The van der Waals surface area contributed by atoms with Gasteiger partial charge in [0.25, 0.3) is 5.91 Å². The predicted molar refractivity (Wildman–Crippen MR) is 118 cm³/mol. The van der Waals surface area contributed by atoms with E-state index in [1.54, 1.807) is 12.1 Å². The van der Waals surface area contributed by atoms with E-state index in [0.29, 0.717) is 43.3 Å². The van der Waals surface area contributed by atoms with Gasteiger partial charge in [0.2, 0.25) is 10.0 Å². The molecule has 0 atom stereocenters. The minimum Gasteiger partial charge on any atom is -0.495 e. The topological polar surface area (TPSA) is 101 Å². The lowest BCUT2D eigenvalue weighted by atomic mass is 10.1. The predicted octanol–water partition coefficient (Wildman–Crippen LogP) is 3.07. The number of amides is 1. The molecule has 164 valence electrons. The van der Waals surface area contributed by atoms with E-state index in [-0.39, 0.29) is 10.8 Å². The Bertz CT molecular complexity index is 1240. The van der Waals surface area contributed by atoms with Gasteiger partial charge in [0.15, 0.2) is 0 Å². The Kier molecular flexibility index (Phi) is 5.74. The van der Waals surface area contributed by atoms with Crippen LogP contribution in [0.15, 0.2) is 41.3 Å². The van der Waals surface area contributed by atoms with Crippen LogP contribution in [0.2, 0.25) is 0 Å². The number of aryl methyl sites for hydroxylation is 2. The first-order chi connectivity index (χ1) is 14.8. The lowest BCUT2D eigenvalue weighted by Crippen LogP contribution is -2.40. The average Bonchev–Trinajstić information content (AvgIpc) is 3.07. The third-order valence-corrected chi connectivity index (χ3v) is 7.49. The van der Waals surface area contributed by atoms with Crippen LogP contribution in [0.1, 0.15) is 21.6 Å². The summed E-state index contributed by atoms with van der Waals surface area (Å²) in [6.07, 6.45) is 0. The van der Waals surface area contributed by atoms with Gasteiger partial charge in [0.05, 0.1) is 30.9 Å². The maximum absolute atomic E-state index is 13.0. The number of morpholine rings is 1. The van der Waals surface area contributed by atoms with Crippen molar-refractivity contribution in [3.63, 3.8) is 0 Å². The van der Waals surface area contributed by atoms with Crippen molar-refractivity contribution in [2.24, 2.45) is 0 Å². The van der Waals surface area contributed by atoms with Crippen molar-refractivity contribution in [3.05, 3.63) is 53.2 Å². The number of carbonyl (C=O) groups excluding carboxylic acids is 1. The smallest absolute Gasteiger partial charge is 0.255 e. The van der Waals surface area contributed by atoms with E-state index in [4.69, 9.17) is 9.47 Å². The Hall–Kier alpha value is -2.88. The Labute approximate surface area is 181 Å². The van der Waals surface area contributed by atoms with E-state index in [9.17, 15) is 13.2 Å². The van der Waals surface area contributed by atoms with E-state index < -0.39 is 10.0 Å². The molecular weight excluding hydrogens is 418 g/mol. The second kappa shape index (κ2) is 8.33. The Morgan fingerprint density at radius 2 is 1.87 bits per heavy atom. The van der Waals surface area contributed by atoms with Gasteiger partial charge in [0, 0.05) is 35.2 Å². The number of H-pyrrole nitrogens is 1. The van der Waals surface area contributed by atoms with Gasteiger partial charge < -0.3 is 19.8 Å². The summed E-state index contributed by atoms with van der Waals surface area (Å²) in [6, 6.07) is 9.88. The van der Waals surface area contributed by atoms with Crippen LogP contribution in [0.3, 0.4) is 0 Å². The van der Waals surface area contributed by atoms with E-state index in [1.165, 1.54) is 23.5 Å². The summed E-state index contributed by atoms with van der Waals surface area (Å²) >= 11 is 0. The molecule has 2 heterocycles. The number of rotatable bonds is 5. The van der Waals surface area contributed by atoms with Crippen LogP contribution < -0.4 is 10.1 Å². The molecule has 3 aromatic rings. The van der Waals surface area contributed by atoms with Crippen LogP contribution >= 0.6 is 0 Å². The molecule has 0 bridgehead atoms. The molecule has 31 heavy (non-hydrogen) atoms. The Morgan fingerprint density at radius 1 is 1.13 bits per heavy atom. The molecule has 1 saturated heterocycles. The number of carbonyl (C=O) groups is 1. The summed E-state index contributed by atoms with van der Waals surface area (Å²) in [5.74, 6) is 0.0309. The molecule has 1 fully saturated rings. The summed E-state index contributed by atoms with van der Waals surface area (Å²) in [5.41, 5.74) is 3.86.